The first-order valence-corrected chi connectivity index (χ1v) is 12.9. The molecule has 36 heavy (non-hydrogen) atoms. The first-order valence-electron chi connectivity index (χ1n) is 12.9. The molecule has 196 valence electrons. The van der Waals surface area contributed by atoms with E-state index in [2.05, 4.69) is 10.2 Å². The third-order valence-electron chi connectivity index (χ3n) is 7.56. The number of nitrogens with zero attached hydrogens (tertiary/aromatic N) is 2. The summed E-state index contributed by atoms with van der Waals surface area (Å²) in [5.41, 5.74) is 0.739. The molecular weight excluding hydrogens is 462 g/mol. The van der Waals surface area contributed by atoms with Gasteiger partial charge in [0.25, 0.3) is 0 Å². The topological polar surface area (TPSA) is 108 Å². The Hall–Kier alpha value is -2.75. The van der Waals surface area contributed by atoms with Crippen LogP contribution in [0.25, 0.3) is 0 Å². The van der Waals surface area contributed by atoms with Crippen molar-refractivity contribution in [1.29, 1.82) is 0 Å². The SMILES string of the molecule is CCOC(=O)[C@H]1[C@@H]2C(=O)N([C@H](CO)c3ccccc3)[C@H](C(=O)NCCN3CCOCC3)[C@H]2C=C[C@H]1C. The van der Waals surface area contributed by atoms with Crippen LogP contribution in [0.4, 0.5) is 0 Å². The van der Waals surface area contributed by atoms with Crippen LogP contribution in [-0.2, 0) is 23.9 Å². The van der Waals surface area contributed by atoms with Crippen LogP contribution in [-0.4, -0.2) is 91.3 Å². The summed E-state index contributed by atoms with van der Waals surface area (Å²) >= 11 is 0. The van der Waals surface area contributed by atoms with E-state index in [1.54, 1.807) is 6.92 Å². The van der Waals surface area contributed by atoms with Gasteiger partial charge in [0.05, 0.1) is 44.3 Å². The third kappa shape index (κ3) is 5.33. The Morgan fingerprint density at radius 3 is 2.58 bits per heavy atom. The smallest absolute Gasteiger partial charge is 0.310 e. The summed E-state index contributed by atoms with van der Waals surface area (Å²) in [4.78, 5) is 44.3. The predicted octanol–water partition coefficient (Wildman–Crippen LogP) is 0.997. The average Bonchev–Trinajstić information content (AvgIpc) is 3.18. The lowest BCUT2D eigenvalue weighted by Gasteiger charge is -2.34. The van der Waals surface area contributed by atoms with Gasteiger partial charge in [-0.1, -0.05) is 49.4 Å². The Morgan fingerprint density at radius 2 is 1.92 bits per heavy atom. The molecule has 0 bridgehead atoms. The highest BCUT2D eigenvalue weighted by atomic mass is 16.5. The van der Waals surface area contributed by atoms with Gasteiger partial charge in [-0.25, -0.2) is 0 Å². The molecule has 0 saturated carbocycles. The van der Waals surface area contributed by atoms with Gasteiger partial charge in [-0.3, -0.25) is 19.3 Å². The maximum absolute atomic E-state index is 14.0. The van der Waals surface area contributed by atoms with Crippen molar-refractivity contribution in [3.05, 3.63) is 48.0 Å². The number of likely N-dealkylation sites (tertiary alicyclic amines) is 1. The summed E-state index contributed by atoms with van der Waals surface area (Å²) in [6.45, 7) is 7.62. The molecule has 2 saturated heterocycles. The number of carbonyl (C=O) groups excluding carboxylic acids is 3. The highest BCUT2D eigenvalue weighted by molar-refractivity contribution is 5.96. The molecule has 4 rings (SSSR count). The molecule has 6 atom stereocenters. The molecule has 0 aromatic heterocycles. The van der Waals surface area contributed by atoms with E-state index in [0.29, 0.717) is 26.3 Å². The van der Waals surface area contributed by atoms with Gasteiger partial charge in [-0.15, -0.1) is 0 Å². The molecule has 1 aliphatic carbocycles. The lowest BCUT2D eigenvalue weighted by atomic mass is 9.70. The number of ether oxygens (including phenoxy) is 2. The second-order valence-corrected chi connectivity index (χ2v) is 9.67. The molecule has 9 nitrogen and oxygen atoms in total. The van der Waals surface area contributed by atoms with Crippen LogP contribution in [0.1, 0.15) is 25.5 Å². The fraction of sp³-hybridized carbons (Fsp3) is 0.593. The number of aliphatic hydroxyl groups excluding tert-OH is 1. The van der Waals surface area contributed by atoms with Crippen molar-refractivity contribution in [3.63, 3.8) is 0 Å². The van der Waals surface area contributed by atoms with Crippen LogP contribution < -0.4 is 5.32 Å². The zero-order chi connectivity index (χ0) is 25.7. The normalized spacial score (nSPS) is 29.0. The average molecular weight is 500 g/mol. The first-order chi connectivity index (χ1) is 17.5. The number of hydrogen-bond acceptors (Lipinski definition) is 7. The monoisotopic (exact) mass is 499 g/mol. The highest BCUT2D eigenvalue weighted by Gasteiger charge is 2.58. The first kappa shape index (κ1) is 26.3. The second-order valence-electron chi connectivity index (χ2n) is 9.67. The van der Waals surface area contributed by atoms with Crippen LogP contribution in [0.3, 0.4) is 0 Å². The van der Waals surface area contributed by atoms with Crippen molar-refractivity contribution < 1.29 is 29.0 Å². The van der Waals surface area contributed by atoms with E-state index in [1.807, 2.05) is 49.4 Å². The van der Waals surface area contributed by atoms with Gasteiger partial charge in [0, 0.05) is 32.1 Å². The van der Waals surface area contributed by atoms with Crippen LogP contribution in [0, 0.1) is 23.7 Å². The van der Waals surface area contributed by atoms with Crippen molar-refractivity contribution in [2.75, 3.05) is 52.6 Å². The number of aliphatic hydroxyl groups is 1. The van der Waals surface area contributed by atoms with E-state index >= 15 is 0 Å². The Balaban J connectivity index is 1.63. The van der Waals surface area contributed by atoms with E-state index in [-0.39, 0.29) is 30.9 Å². The number of nitrogens with one attached hydrogen (secondary N) is 1. The number of allylic oxidation sites excluding steroid dienone is 1. The zero-order valence-electron chi connectivity index (χ0n) is 21.0. The standard InChI is InChI=1S/C27H37N3O6/c1-3-36-27(34)22-18(2)9-10-20-23(22)26(33)30(21(17-31)19-7-5-4-6-8-19)24(20)25(32)28-11-12-29-13-15-35-16-14-29/h4-10,18,20-24,31H,3,11-17H2,1-2H3,(H,28,32)/t18-,20+,21-,22-,23-,24+/m1/s1. The molecule has 3 aliphatic rings. The minimum atomic E-state index is -0.842. The number of morpholine rings is 1. The molecule has 0 unspecified atom stereocenters. The van der Waals surface area contributed by atoms with Crippen molar-refractivity contribution in [2.45, 2.75) is 25.9 Å². The van der Waals surface area contributed by atoms with E-state index in [9.17, 15) is 19.5 Å². The summed E-state index contributed by atoms with van der Waals surface area (Å²) in [6, 6.07) is 7.67. The van der Waals surface area contributed by atoms with Gasteiger partial charge >= 0.3 is 5.97 Å². The maximum atomic E-state index is 14.0. The fourth-order valence-corrected chi connectivity index (χ4v) is 5.77. The minimum Gasteiger partial charge on any atom is -0.466 e. The Labute approximate surface area is 212 Å². The van der Waals surface area contributed by atoms with Crippen molar-refractivity contribution in [1.82, 2.24) is 15.1 Å². The minimum absolute atomic E-state index is 0.205. The molecule has 2 N–H and O–H groups in total. The number of benzene rings is 1. The zero-order valence-corrected chi connectivity index (χ0v) is 21.0. The molecule has 1 aromatic rings. The Bertz CT molecular complexity index is 948. The number of rotatable bonds is 9. The maximum Gasteiger partial charge on any atom is 0.310 e. The number of hydrogen-bond donors (Lipinski definition) is 2. The largest absolute Gasteiger partial charge is 0.466 e. The predicted molar refractivity (Wildman–Crippen MR) is 133 cm³/mol. The number of carbonyl (C=O) groups is 3. The number of fused-ring (bicyclic) bond motifs is 1. The number of amides is 2. The van der Waals surface area contributed by atoms with Crippen LogP contribution in [0.5, 0.6) is 0 Å². The molecule has 9 heteroatoms. The lowest BCUT2D eigenvalue weighted by molar-refractivity contribution is -0.155. The van der Waals surface area contributed by atoms with Gasteiger partial charge in [-0.05, 0) is 18.4 Å². The van der Waals surface area contributed by atoms with E-state index in [1.165, 1.54) is 4.90 Å². The molecular formula is C27H37N3O6. The summed E-state index contributed by atoms with van der Waals surface area (Å²) in [6.07, 6.45) is 3.80. The summed E-state index contributed by atoms with van der Waals surface area (Å²) < 4.78 is 10.7. The molecule has 1 aromatic carbocycles. The molecule has 0 radical (unpaired) electrons. The second kappa shape index (κ2) is 12.0. The van der Waals surface area contributed by atoms with Crippen molar-refractivity contribution >= 4 is 17.8 Å². The summed E-state index contributed by atoms with van der Waals surface area (Å²) in [5.74, 6) is -3.11. The Kier molecular flexibility index (Phi) is 8.77. The molecule has 2 fully saturated rings. The van der Waals surface area contributed by atoms with Gasteiger partial charge < -0.3 is 24.8 Å². The van der Waals surface area contributed by atoms with Crippen LogP contribution in [0.2, 0.25) is 0 Å². The van der Waals surface area contributed by atoms with E-state index in [4.69, 9.17) is 9.47 Å². The van der Waals surface area contributed by atoms with Crippen LogP contribution >= 0.6 is 0 Å². The third-order valence-corrected chi connectivity index (χ3v) is 7.56. The van der Waals surface area contributed by atoms with E-state index < -0.39 is 35.8 Å². The summed E-state index contributed by atoms with van der Waals surface area (Å²) in [5, 5.41) is 13.4. The Morgan fingerprint density at radius 1 is 1.19 bits per heavy atom. The number of esters is 1. The van der Waals surface area contributed by atoms with Crippen molar-refractivity contribution in [3.8, 4) is 0 Å². The van der Waals surface area contributed by atoms with E-state index in [0.717, 1.165) is 18.7 Å². The lowest BCUT2D eigenvalue weighted by Crippen LogP contribution is -2.50. The van der Waals surface area contributed by atoms with Gasteiger partial charge in [0.15, 0.2) is 0 Å². The molecule has 2 heterocycles. The van der Waals surface area contributed by atoms with Gasteiger partial charge in [-0.2, -0.15) is 0 Å². The van der Waals surface area contributed by atoms with Crippen LogP contribution in [0.15, 0.2) is 42.5 Å². The molecule has 0 spiro atoms. The van der Waals surface area contributed by atoms with Crippen molar-refractivity contribution in [2.24, 2.45) is 23.7 Å². The quantitative estimate of drug-likeness (QED) is 0.385. The highest BCUT2D eigenvalue weighted by Crippen LogP contribution is 2.47. The summed E-state index contributed by atoms with van der Waals surface area (Å²) in [7, 11) is 0. The van der Waals surface area contributed by atoms with Gasteiger partial charge in [0.2, 0.25) is 11.8 Å². The molecule has 2 aliphatic heterocycles. The molecule has 2 amide bonds. The fourth-order valence-electron chi connectivity index (χ4n) is 5.77. The van der Waals surface area contributed by atoms with Gasteiger partial charge in [0.1, 0.15) is 6.04 Å².